The first-order valence-corrected chi connectivity index (χ1v) is 10.2. The number of halogens is 2. The number of ether oxygens (including phenoxy) is 1. The fourth-order valence-electron chi connectivity index (χ4n) is 2.56. The van der Waals surface area contributed by atoms with E-state index >= 15 is 0 Å². The molecule has 0 spiro atoms. The molecule has 0 aromatic heterocycles. The lowest BCUT2D eigenvalue weighted by Gasteiger charge is -2.09. The van der Waals surface area contributed by atoms with Crippen LogP contribution in [0.5, 0.6) is 5.75 Å². The maximum absolute atomic E-state index is 12.9. The lowest BCUT2D eigenvalue weighted by molar-refractivity contribution is -0.384. The van der Waals surface area contributed by atoms with Crippen molar-refractivity contribution in [3.05, 3.63) is 98.3 Å². The summed E-state index contributed by atoms with van der Waals surface area (Å²) in [5, 5.41) is 17.5. The molecular formula is C22H18BrFN4O4. The molecule has 0 saturated carbocycles. The van der Waals surface area contributed by atoms with Crippen molar-refractivity contribution in [3.63, 3.8) is 0 Å². The number of carbonyl (C=O) groups is 1. The minimum absolute atomic E-state index is 0.0118. The minimum Gasteiger partial charge on any atom is -0.488 e. The van der Waals surface area contributed by atoms with Crippen molar-refractivity contribution in [1.82, 2.24) is 5.43 Å². The molecule has 0 saturated heterocycles. The summed E-state index contributed by atoms with van der Waals surface area (Å²) in [5.41, 5.74) is 4.58. The maximum atomic E-state index is 12.9. The van der Waals surface area contributed by atoms with Gasteiger partial charge in [0.25, 0.3) is 11.6 Å². The standard InChI is InChI=1S/C22H18BrFN4O4/c23-20-11-16(12-26-27-22(29)13-25-18-6-4-17(24)5-7-18)3-10-21(20)32-14-15-1-8-19(9-2-15)28(30)31/h1-12,25H,13-14H2,(H,27,29)/b26-12-. The highest BCUT2D eigenvalue weighted by molar-refractivity contribution is 9.10. The van der Waals surface area contributed by atoms with Gasteiger partial charge in [-0.15, -0.1) is 0 Å². The largest absolute Gasteiger partial charge is 0.488 e. The molecule has 10 heteroatoms. The predicted octanol–water partition coefficient (Wildman–Crippen LogP) is 4.64. The number of amides is 1. The van der Waals surface area contributed by atoms with Crippen molar-refractivity contribution in [2.24, 2.45) is 5.10 Å². The molecule has 8 nitrogen and oxygen atoms in total. The number of anilines is 1. The zero-order valence-electron chi connectivity index (χ0n) is 16.6. The van der Waals surface area contributed by atoms with Crippen LogP contribution >= 0.6 is 15.9 Å². The summed E-state index contributed by atoms with van der Waals surface area (Å²) in [6.45, 7) is 0.239. The van der Waals surface area contributed by atoms with Crippen molar-refractivity contribution in [1.29, 1.82) is 0 Å². The van der Waals surface area contributed by atoms with E-state index in [1.807, 2.05) is 0 Å². The second-order valence-electron chi connectivity index (χ2n) is 6.56. The molecule has 32 heavy (non-hydrogen) atoms. The second-order valence-corrected chi connectivity index (χ2v) is 7.41. The van der Waals surface area contributed by atoms with Crippen molar-refractivity contribution < 1.29 is 18.8 Å². The number of non-ortho nitro benzene ring substituents is 1. The summed E-state index contributed by atoms with van der Waals surface area (Å²) >= 11 is 3.43. The van der Waals surface area contributed by atoms with Crippen molar-refractivity contribution in [2.45, 2.75) is 6.61 Å². The summed E-state index contributed by atoms with van der Waals surface area (Å²) in [4.78, 5) is 22.1. The molecule has 0 aliphatic rings. The first-order chi connectivity index (χ1) is 15.4. The molecule has 0 aliphatic carbocycles. The van der Waals surface area contributed by atoms with Gasteiger partial charge in [0.1, 0.15) is 18.2 Å². The van der Waals surface area contributed by atoms with Gasteiger partial charge in [-0.05, 0) is 81.7 Å². The van der Waals surface area contributed by atoms with E-state index in [1.165, 1.54) is 42.6 Å². The molecule has 0 aliphatic heterocycles. The van der Waals surface area contributed by atoms with Gasteiger partial charge in [-0.2, -0.15) is 5.10 Å². The van der Waals surface area contributed by atoms with Gasteiger partial charge in [0, 0.05) is 17.8 Å². The van der Waals surface area contributed by atoms with Crippen LogP contribution in [0.2, 0.25) is 0 Å². The van der Waals surface area contributed by atoms with Crippen LogP contribution in [0.15, 0.2) is 76.3 Å². The molecule has 0 atom stereocenters. The van der Waals surface area contributed by atoms with Crippen LogP contribution in [-0.4, -0.2) is 23.6 Å². The molecule has 0 heterocycles. The van der Waals surface area contributed by atoms with Crippen LogP contribution < -0.4 is 15.5 Å². The Morgan fingerprint density at radius 3 is 2.50 bits per heavy atom. The maximum Gasteiger partial charge on any atom is 0.269 e. The van der Waals surface area contributed by atoms with Gasteiger partial charge in [0.05, 0.1) is 22.2 Å². The van der Waals surface area contributed by atoms with Gasteiger partial charge in [-0.25, -0.2) is 9.82 Å². The third kappa shape index (κ3) is 6.88. The van der Waals surface area contributed by atoms with E-state index in [0.29, 0.717) is 15.9 Å². The zero-order valence-corrected chi connectivity index (χ0v) is 18.2. The third-order valence-corrected chi connectivity index (χ3v) is 4.82. The molecular weight excluding hydrogens is 483 g/mol. The molecule has 0 fully saturated rings. The number of nitro groups is 1. The summed E-state index contributed by atoms with van der Waals surface area (Å²) in [6.07, 6.45) is 1.49. The molecule has 3 aromatic carbocycles. The monoisotopic (exact) mass is 500 g/mol. The highest BCUT2D eigenvalue weighted by atomic mass is 79.9. The first-order valence-electron chi connectivity index (χ1n) is 9.38. The van der Waals surface area contributed by atoms with Gasteiger partial charge >= 0.3 is 0 Å². The van der Waals surface area contributed by atoms with Crippen LogP contribution in [0, 0.1) is 15.9 Å². The molecule has 0 radical (unpaired) electrons. The number of nitro benzene ring substituents is 1. The Balaban J connectivity index is 1.47. The lowest BCUT2D eigenvalue weighted by Crippen LogP contribution is -2.25. The Labute approximate surface area is 191 Å². The third-order valence-electron chi connectivity index (χ3n) is 4.20. The number of hydrogen-bond acceptors (Lipinski definition) is 6. The molecule has 2 N–H and O–H groups in total. The Morgan fingerprint density at radius 1 is 1.12 bits per heavy atom. The average molecular weight is 501 g/mol. The molecule has 3 aromatic rings. The van der Waals surface area contributed by atoms with Crippen LogP contribution in [0.4, 0.5) is 15.8 Å². The van der Waals surface area contributed by atoms with Crippen molar-refractivity contribution >= 4 is 39.4 Å². The minimum atomic E-state index is -0.452. The molecule has 0 bridgehead atoms. The summed E-state index contributed by atoms with van der Waals surface area (Å²) in [7, 11) is 0. The first kappa shape index (κ1) is 22.9. The van der Waals surface area contributed by atoms with Crippen LogP contribution in [-0.2, 0) is 11.4 Å². The zero-order chi connectivity index (χ0) is 22.9. The van der Waals surface area contributed by atoms with Gasteiger partial charge < -0.3 is 10.1 Å². The fraction of sp³-hybridized carbons (Fsp3) is 0.0909. The van der Waals surface area contributed by atoms with E-state index in [-0.39, 0.29) is 30.6 Å². The smallest absolute Gasteiger partial charge is 0.269 e. The number of hydrogen-bond donors (Lipinski definition) is 2. The Bertz CT molecular complexity index is 1120. The van der Waals surface area contributed by atoms with Gasteiger partial charge in [0.2, 0.25) is 0 Å². The summed E-state index contributed by atoms with van der Waals surface area (Å²) in [5.74, 6) is -0.112. The van der Waals surface area contributed by atoms with E-state index < -0.39 is 4.92 Å². The summed E-state index contributed by atoms with van der Waals surface area (Å²) < 4.78 is 19.3. The van der Waals surface area contributed by atoms with Gasteiger partial charge in [-0.3, -0.25) is 14.9 Å². The molecule has 3 rings (SSSR count). The van der Waals surface area contributed by atoms with E-state index in [1.54, 1.807) is 30.3 Å². The highest BCUT2D eigenvalue weighted by Crippen LogP contribution is 2.26. The number of nitrogens with zero attached hydrogens (tertiary/aromatic N) is 2. The molecule has 0 unspecified atom stereocenters. The predicted molar refractivity (Wildman–Crippen MR) is 122 cm³/mol. The Hall–Kier alpha value is -3.79. The Kier molecular flexibility index (Phi) is 7.87. The number of hydrazone groups is 1. The van der Waals surface area contributed by atoms with Gasteiger partial charge in [0.15, 0.2) is 0 Å². The SMILES string of the molecule is O=C(CNc1ccc(F)cc1)N/N=C\c1ccc(OCc2ccc([N+](=O)[O-])cc2)c(Br)c1. The second kappa shape index (κ2) is 11.0. The number of carbonyl (C=O) groups excluding carboxylic acids is 1. The number of rotatable bonds is 9. The van der Waals surface area contributed by atoms with E-state index in [0.717, 1.165) is 11.1 Å². The van der Waals surface area contributed by atoms with Crippen molar-refractivity contribution in [2.75, 3.05) is 11.9 Å². The fourth-order valence-corrected chi connectivity index (χ4v) is 3.07. The van der Waals surface area contributed by atoms with E-state index in [4.69, 9.17) is 4.74 Å². The normalized spacial score (nSPS) is 10.7. The van der Waals surface area contributed by atoms with Crippen LogP contribution in [0.3, 0.4) is 0 Å². The Morgan fingerprint density at radius 2 is 1.84 bits per heavy atom. The van der Waals surface area contributed by atoms with Crippen molar-refractivity contribution in [3.8, 4) is 5.75 Å². The topological polar surface area (TPSA) is 106 Å². The van der Waals surface area contributed by atoms with E-state index in [9.17, 15) is 19.3 Å². The number of nitrogens with one attached hydrogen (secondary N) is 2. The quantitative estimate of drug-likeness (QED) is 0.253. The van der Waals surface area contributed by atoms with Crippen LogP contribution in [0.1, 0.15) is 11.1 Å². The van der Waals surface area contributed by atoms with E-state index in [2.05, 4.69) is 31.8 Å². The number of benzene rings is 3. The van der Waals surface area contributed by atoms with Gasteiger partial charge in [-0.1, -0.05) is 0 Å². The average Bonchev–Trinajstić information content (AvgIpc) is 2.78. The van der Waals surface area contributed by atoms with Crippen LogP contribution in [0.25, 0.3) is 0 Å². The highest BCUT2D eigenvalue weighted by Gasteiger charge is 2.06. The summed E-state index contributed by atoms with van der Waals surface area (Å²) in [6, 6.07) is 17.1. The molecule has 164 valence electrons. The molecule has 1 amide bonds. The lowest BCUT2D eigenvalue weighted by atomic mass is 10.2.